The molecule has 0 N–H and O–H groups in total. The minimum atomic E-state index is 0.358. The zero-order chi connectivity index (χ0) is 8.10. The van der Waals surface area contributed by atoms with Crippen molar-refractivity contribution in [3.63, 3.8) is 0 Å². The second-order valence-electron chi connectivity index (χ2n) is 2.13. The Hall–Kier alpha value is -1.34. The summed E-state index contributed by atoms with van der Waals surface area (Å²) in [4.78, 5) is 3.98. The van der Waals surface area contributed by atoms with Gasteiger partial charge in [-0.1, -0.05) is 0 Å². The first-order valence-electron chi connectivity index (χ1n) is 3.23. The van der Waals surface area contributed by atoms with Crippen molar-refractivity contribution in [1.29, 1.82) is 5.26 Å². The molecule has 0 atom stereocenters. The number of nitriles is 1. The van der Waals surface area contributed by atoms with Crippen LogP contribution < -0.4 is 0 Å². The Bertz CT molecular complexity index is 261. The van der Waals surface area contributed by atoms with Gasteiger partial charge in [0.15, 0.2) is 0 Å². The Balaban J connectivity index is 2.60. The van der Waals surface area contributed by atoms with Crippen molar-refractivity contribution in [2.24, 2.45) is 0 Å². The molecule has 0 amide bonds. The second-order valence-corrected chi connectivity index (χ2v) is 2.13. The SMILES string of the molecule is COCn1cnc(CC#N)c1. The molecule has 0 aliphatic carbocycles. The van der Waals surface area contributed by atoms with E-state index in [9.17, 15) is 0 Å². The molecule has 0 spiro atoms. The Morgan fingerprint density at radius 2 is 2.64 bits per heavy atom. The van der Waals surface area contributed by atoms with Crippen LogP contribution in [0, 0.1) is 11.3 Å². The van der Waals surface area contributed by atoms with E-state index in [1.807, 2.05) is 6.07 Å². The number of hydrogen-bond acceptors (Lipinski definition) is 3. The quantitative estimate of drug-likeness (QED) is 0.634. The van der Waals surface area contributed by atoms with E-state index < -0.39 is 0 Å². The highest BCUT2D eigenvalue weighted by atomic mass is 16.5. The molecule has 4 nitrogen and oxygen atoms in total. The fraction of sp³-hybridized carbons (Fsp3) is 0.429. The van der Waals surface area contributed by atoms with Crippen molar-refractivity contribution in [2.75, 3.05) is 7.11 Å². The molecule has 0 aliphatic heterocycles. The highest BCUT2D eigenvalue weighted by Gasteiger charge is 1.95. The van der Waals surface area contributed by atoms with Crippen molar-refractivity contribution in [2.45, 2.75) is 13.2 Å². The summed E-state index contributed by atoms with van der Waals surface area (Å²) in [5.74, 6) is 0. The van der Waals surface area contributed by atoms with Gasteiger partial charge in [-0.15, -0.1) is 0 Å². The molecule has 0 fully saturated rings. The molecule has 1 rings (SSSR count). The number of imidazole rings is 1. The van der Waals surface area contributed by atoms with E-state index >= 15 is 0 Å². The summed E-state index contributed by atoms with van der Waals surface area (Å²) in [5, 5.41) is 8.33. The summed E-state index contributed by atoms with van der Waals surface area (Å²) in [5.41, 5.74) is 0.782. The minimum absolute atomic E-state index is 0.358. The first-order chi connectivity index (χ1) is 5.36. The Morgan fingerprint density at radius 1 is 1.82 bits per heavy atom. The molecule has 0 unspecified atom stereocenters. The first-order valence-corrected chi connectivity index (χ1v) is 3.23. The lowest BCUT2D eigenvalue weighted by Crippen LogP contribution is -1.95. The van der Waals surface area contributed by atoms with Crippen molar-refractivity contribution in [1.82, 2.24) is 9.55 Å². The van der Waals surface area contributed by atoms with Gasteiger partial charge in [0.25, 0.3) is 0 Å². The molecule has 1 aromatic rings. The number of rotatable bonds is 3. The average molecular weight is 151 g/mol. The van der Waals surface area contributed by atoms with Gasteiger partial charge in [0.1, 0.15) is 6.73 Å². The fourth-order valence-corrected chi connectivity index (χ4v) is 0.798. The van der Waals surface area contributed by atoms with E-state index in [1.165, 1.54) is 0 Å². The smallest absolute Gasteiger partial charge is 0.123 e. The highest BCUT2D eigenvalue weighted by Crippen LogP contribution is 1.95. The van der Waals surface area contributed by atoms with Crippen LogP contribution in [0.4, 0.5) is 0 Å². The summed E-state index contributed by atoms with van der Waals surface area (Å²) in [6.45, 7) is 0.485. The van der Waals surface area contributed by atoms with Gasteiger partial charge in [0.2, 0.25) is 0 Å². The zero-order valence-corrected chi connectivity index (χ0v) is 6.32. The molecule has 11 heavy (non-hydrogen) atoms. The summed E-state index contributed by atoms with van der Waals surface area (Å²) < 4.78 is 6.64. The van der Waals surface area contributed by atoms with E-state index in [4.69, 9.17) is 10.00 Å². The molecule has 58 valence electrons. The number of methoxy groups -OCH3 is 1. The summed E-state index contributed by atoms with van der Waals surface area (Å²) in [7, 11) is 1.62. The number of ether oxygens (including phenoxy) is 1. The minimum Gasteiger partial charge on any atom is -0.364 e. The van der Waals surface area contributed by atoms with E-state index in [-0.39, 0.29) is 0 Å². The molecular weight excluding hydrogens is 142 g/mol. The summed E-state index contributed by atoms with van der Waals surface area (Å²) >= 11 is 0. The van der Waals surface area contributed by atoms with Crippen LogP contribution in [0.15, 0.2) is 12.5 Å². The topological polar surface area (TPSA) is 50.8 Å². The van der Waals surface area contributed by atoms with Crippen LogP contribution in [0.3, 0.4) is 0 Å². The van der Waals surface area contributed by atoms with Crippen LogP contribution in [-0.2, 0) is 17.9 Å². The van der Waals surface area contributed by atoms with E-state index in [0.29, 0.717) is 13.2 Å². The molecular formula is C7H9N3O. The van der Waals surface area contributed by atoms with Crippen molar-refractivity contribution in [3.05, 3.63) is 18.2 Å². The third-order valence-corrected chi connectivity index (χ3v) is 1.23. The highest BCUT2D eigenvalue weighted by molar-refractivity contribution is 5.02. The maximum Gasteiger partial charge on any atom is 0.123 e. The van der Waals surface area contributed by atoms with E-state index in [0.717, 1.165) is 5.69 Å². The largest absolute Gasteiger partial charge is 0.364 e. The average Bonchev–Trinajstić information content (AvgIpc) is 2.38. The zero-order valence-electron chi connectivity index (χ0n) is 6.32. The lowest BCUT2D eigenvalue weighted by atomic mass is 10.4. The van der Waals surface area contributed by atoms with Crippen LogP contribution in [0.5, 0.6) is 0 Å². The summed E-state index contributed by atoms with van der Waals surface area (Å²) in [6, 6.07) is 2.02. The van der Waals surface area contributed by atoms with E-state index in [1.54, 1.807) is 24.2 Å². The first kappa shape index (κ1) is 7.76. The maximum absolute atomic E-state index is 8.33. The third kappa shape index (κ3) is 2.06. The predicted molar refractivity (Wildman–Crippen MR) is 38.6 cm³/mol. The fourth-order valence-electron chi connectivity index (χ4n) is 0.798. The molecule has 0 saturated heterocycles. The van der Waals surface area contributed by atoms with Crippen LogP contribution >= 0.6 is 0 Å². The normalized spacial score (nSPS) is 9.45. The standard InChI is InChI=1S/C7H9N3O/c1-11-6-10-4-7(2-3-8)9-5-10/h4-5H,2,6H2,1H3. The van der Waals surface area contributed by atoms with Gasteiger partial charge in [-0.3, -0.25) is 0 Å². The van der Waals surface area contributed by atoms with Gasteiger partial charge in [-0.2, -0.15) is 5.26 Å². The summed E-state index contributed by atoms with van der Waals surface area (Å²) in [6.07, 6.45) is 3.81. The molecule has 0 saturated carbocycles. The molecule has 1 heterocycles. The van der Waals surface area contributed by atoms with Crippen molar-refractivity contribution >= 4 is 0 Å². The maximum atomic E-state index is 8.33. The number of aromatic nitrogens is 2. The van der Waals surface area contributed by atoms with Crippen LogP contribution in [0.25, 0.3) is 0 Å². The van der Waals surface area contributed by atoms with Gasteiger partial charge in [0, 0.05) is 13.3 Å². The molecule has 0 radical (unpaired) electrons. The predicted octanol–water partition coefficient (Wildman–Crippen LogP) is 0.553. The second kappa shape index (κ2) is 3.74. The Morgan fingerprint density at radius 3 is 3.27 bits per heavy atom. The molecule has 1 aromatic heterocycles. The van der Waals surface area contributed by atoms with Gasteiger partial charge in [-0.05, 0) is 0 Å². The van der Waals surface area contributed by atoms with Crippen LogP contribution in [0.2, 0.25) is 0 Å². The van der Waals surface area contributed by atoms with Crippen molar-refractivity contribution in [3.8, 4) is 6.07 Å². The van der Waals surface area contributed by atoms with Crippen LogP contribution in [0.1, 0.15) is 5.69 Å². The van der Waals surface area contributed by atoms with Crippen molar-refractivity contribution < 1.29 is 4.74 Å². The lowest BCUT2D eigenvalue weighted by molar-refractivity contribution is 0.131. The molecule has 4 heteroatoms. The van der Waals surface area contributed by atoms with Gasteiger partial charge in [0.05, 0.1) is 24.5 Å². The number of hydrogen-bond donors (Lipinski definition) is 0. The van der Waals surface area contributed by atoms with Gasteiger partial charge < -0.3 is 9.30 Å². The Labute approximate surface area is 65.0 Å². The Kier molecular flexibility index (Phi) is 2.64. The molecule has 0 bridgehead atoms. The van der Waals surface area contributed by atoms with Gasteiger partial charge in [-0.25, -0.2) is 4.98 Å². The molecule has 0 aromatic carbocycles. The number of nitrogens with zero attached hydrogens (tertiary/aromatic N) is 3. The lowest BCUT2D eigenvalue weighted by Gasteiger charge is -1.95. The molecule has 0 aliphatic rings. The van der Waals surface area contributed by atoms with E-state index in [2.05, 4.69) is 4.98 Å². The van der Waals surface area contributed by atoms with Crippen LogP contribution in [-0.4, -0.2) is 16.7 Å². The monoisotopic (exact) mass is 151 g/mol. The van der Waals surface area contributed by atoms with Gasteiger partial charge >= 0.3 is 0 Å². The third-order valence-electron chi connectivity index (χ3n) is 1.23.